The molecule has 1 unspecified atom stereocenters. The number of aliphatic hydroxyl groups is 1. The van der Waals surface area contributed by atoms with Crippen LogP contribution in [-0.4, -0.2) is 14.9 Å². The van der Waals surface area contributed by atoms with Crippen LogP contribution in [0.3, 0.4) is 0 Å². The Morgan fingerprint density at radius 2 is 2.31 bits per heavy atom. The molecule has 2 aromatic rings. The molecule has 3 nitrogen and oxygen atoms in total. The zero-order valence-electron chi connectivity index (χ0n) is 8.97. The fourth-order valence-electron chi connectivity index (χ4n) is 1.56. The lowest BCUT2D eigenvalue weighted by molar-refractivity contribution is 0.151. The van der Waals surface area contributed by atoms with Crippen molar-refractivity contribution >= 4 is 15.9 Å². The number of hydrogen-bond acceptors (Lipinski definition) is 2. The SMILES string of the molecule is Cc1cnn(CC(O)c2cccc(Br)c2)c1. The summed E-state index contributed by atoms with van der Waals surface area (Å²) in [5, 5.41) is 14.2. The highest BCUT2D eigenvalue weighted by Gasteiger charge is 2.08. The number of hydrogen-bond donors (Lipinski definition) is 1. The lowest BCUT2D eigenvalue weighted by Crippen LogP contribution is -2.08. The minimum absolute atomic E-state index is 0.476. The second-order valence-corrected chi connectivity index (χ2v) is 4.73. The van der Waals surface area contributed by atoms with Gasteiger partial charge in [-0.3, -0.25) is 4.68 Å². The van der Waals surface area contributed by atoms with E-state index in [0.29, 0.717) is 6.54 Å². The number of aromatic nitrogens is 2. The Morgan fingerprint density at radius 3 is 2.94 bits per heavy atom. The summed E-state index contributed by atoms with van der Waals surface area (Å²) in [4.78, 5) is 0. The Labute approximate surface area is 103 Å². The lowest BCUT2D eigenvalue weighted by atomic mass is 10.1. The predicted octanol–water partition coefficient (Wildman–Crippen LogP) is 2.69. The second kappa shape index (κ2) is 4.80. The molecule has 0 spiro atoms. The smallest absolute Gasteiger partial charge is 0.0986 e. The summed E-state index contributed by atoms with van der Waals surface area (Å²) in [6.07, 6.45) is 3.17. The normalized spacial score (nSPS) is 12.7. The Hall–Kier alpha value is -1.13. The van der Waals surface area contributed by atoms with Gasteiger partial charge < -0.3 is 5.11 Å². The average Bonchev–Trinajstić information content (AvgIpc) is 2.64. The third kappa shape index (κ3) is 2.71. The maximum absolute atomic E-state index is 10.0. The van der Waals surface area contributed by atoms with Gasteiger partial charge in [0.1, 0.15) is 0 Å². The standard InChI is InChI=1S/C12H13BrN2O/c1-9-6-14-15(7-9)8-12(16)10-3-2-4-11(13)5-10/h2-7,12,16H,8H2,1H3. The number of rotatable bonds is 3. The highest BCUT2D eigenvalue weighted by Crippen LogP contribution is 2.19. The van der Waals surface area contributed by atoms with E-state index in [2.05, 4.69) is 21.0 Å². The monoisotopic (exact) mass is 280 g/mol. The molecular formula is C12H13BrN2O. The molecule has 0 amide bonds. The molecule has 1 aromatic heterocycles. The molecule has 0 fully saturated rings. The third-order valence-corrected chi connectivity index (χ3v) is 2.85. The molecule has 16 heavy (non-hydrogen) atoms. The van der Waals surface area contributed by atoms with Crippen LogP contribution in [0.25, 0.3) is 0 Å². The minimum atomic E-state index is -0.531. The average molecular weight is 281 g/mol. The first-order valence-corrected chi connectivity index (χ1v) is 5.87. The van der Waals surface area contributed by atoms with Gasteiger partial charge in [-0.2, -0.15) is 5.10 Å². The number of benzene rings is 1. The second-order valence-electron chi connectivity index (χ2n) is 3.81. The van der Waals surface area contributed by atoms with Crippen molar-refractivity contribution in [2.45, 2.75) is 19.6 Å². The van der Waals surface area contributed by atoms with Crippen LogP contribution in [0.1, 0.15) is 17.2 Å². The van der Waals surface area contributed by atoms with Gasteiger partial charge in [-0.1, -0.05) is 28.1 Å². The van der Waals surface area contributed by atoms with E-state index >= 15 is 0 Å². The van der Waals surface area contributed by atoms with Crippen LogP contribution in [0.5, 0.6) is 0 Å². The summed E-state index contributed by atoms with van der Waals surface area (Å²) in [5.41, 5.74) is 1.99. The molecule has 0 saturated carbocycles. The van der Waals surface area contributed by atoms with E-state index in [-0.39, 0.29) is 0 Å². The molecule has 0 aliphatic rings. The van der Waals surface area contributed by atoms with Gasteiger partial charge in [-0.05, 0) is 30.2 Å². The number of aryl methyl sites for hydroxylation is 1. The fourth-order valence-corrected chi connectivity index (χ4v) is 1.98. The van der Waals surface area contributed by atoms with Crippen LogP contribution in [-0.2, 0) is 6.54 Å². The molecule has 0 bridgehead atoms. The highest BCUT2D eigenvalue weighted by atomic mass is 79.9. The van der Waals surface area contributed by atoms with E-state index in [1.807, 2.05) is 37.4 Å². The summed E-state index contributed by atoms with van der Waals surface area (Å²) in [7, 11) is 0. The lowest BCUT2D eigenvalue weighted by Gasteiger charge is -2.11. The van der Waals surface area contributed by atoms with E-state index in [4.69, 9.17) is 0 Å². The number of nitrogens with zero attached hydrogens (tertiary/aromatic N) is 2. The van der Waals surface area contributed by atoms with Gasteiger partial charge in [0.25, 0.3) is 0 Å². The quantitative estimate of drug-likeness (QED) is 0.939. The summed E-state index contributed by atoms with van der Waals surface area (Å²) in [5.74, 6) is 0. The molecule has 84 valence electrons. The van der Waals surface area contributed by atoms with Gasteiger partial charge in [0.05, 0.1) is 18.8 Å². The Morgan fingerprint density at radius 1 is 1.50 bits per heavy atom. The Bertz CT molecular complexity index is 481. The van der Waals surface area contributed by atoms with Crippen LogP contribution < -0.4 is 0 Å². The van der Waals surface area contributed by atoms with Crippen molar-refractivity contribution in [3.63, 3.8) is 0 Å². The first kappa shape index (κ1) is 11.4. The molecule has 1 aromatic carbocycles. The molecule has 1 heterocycles. The summed E-state index contributed by atoms with van der Waals surface area (Å²) >= 11 is 3.39. The number of halogens is 1. The maximum Gasteiger partial charge on any atom is 0.0986 e. The topological polar surface area (TPSA) is 38.0 Å². The number of aliphatic hydroxyl groups excluding tert-OH is 1. The summed E-state index contributed by atoms with van der Waals surface area (Å²) in [6.45, 7) is 2.46. The molecule has 1 N–H and O–H groups in total. The van der Waals surface area contributed by atoms with Crippen molar-refractivity contribution < 1.29 is 5.11 Å². The molecule has 1 atom stereocenters. The predicted molar refractivity (Wildman–Crippen MR) is 66.1 cm³/mol. The molecule has 4 heteroatoms. The van der Waals surface area contributed by atoms with Gasteiger partial charge in [0.15, 0.2) is 0 Å². The van der Waals surface area contributed by atoms with Crippen LogP contribution in [0.2, 0.25) is 0 Å². The highest BCUT2D eigenvalue weighted by molar-refractivity contribution is 9.10. The van der Waals surface area contributed by atoms with E-state index in [1.165, 1.54) is 0 Å². The van der Waals surface area contributed by atoms with Crippen molar-refractivity contribution in [2.75, 3.05) is 0 Å². The Kier molecular flexibility index (Phi) is 3.41. The first-order chi connectivity index (χ1) is 7.65. The van der Waals surface area contributed by atoms with Crippen molar-refractivity contribution in [2.24, 2.45) is 0 Å². The maximum atomic E-state index is 10.0. The van der Waals surface area contributed by atoms with E-state index < -0.39 is 6.10 Å². The van der Waals surface area contributed by atoms with Crippen LogP contribution in [0.15, 0.2) is 41.1 Å². The van der Waals surface area contributed by atoms with Gasteiger partial charge >= 0.3 is 0 Å². The largest absolute Gasteiger partial charge is 0.386 e. The first-order valence-electron chi connectivity index (χ1n) is 5.08. The van der Waals surface area contributed by atoms with Crippen LogP contribution >= 0.6 is 15.9 Å². The van der Waals surface area contributed by atoms with Gasteiger partial charge in [0.2, 0.25) is 0 Å². The van der Waals surface area contributed by atoms with Crippen molar-refractivity contribution in [3.05, 3.63) is 52.3 Å². The van der Waals surface area contributed by atoms with Gasteiger partial charge in [-0.25, -0.2) is 0 Å². The van der Waals surface area contributed by atoms with E-state index in [0.717, 1.165) is 15.6 Å². The Balaban J connectivity index is 2.11. The van der Waals surface area contributed by atoms with Gasteiger partial charge in [-0.15, -0.1) is 0 Å². The van der Waals surface area contributed by atoms with Crippen molar-refractivity contribution in [3.8, 4) is 0 Å². The summed E-state index contributed by atoms with van der Waals surface area (Å²) < 4.78 is 2.72. The molecular weight excluding hydrogens is 268 g/mol. The van der Waals surface area contributed by atoms with Crippen molar-refractivity contribution in [1.29, 1.82) is 0 Å². The summed E-state index contributed by atoms with van der Waals surface area (Å²) in [6, 6.07) is 7.68. The molecule has 0 aliphatic carbocycles. The molecule has 0 radical (unpaired) electrons. The zero-order valence-corrected chi connectivity index (χ0v) is 10.6. The molecule has 0 aliphatic heterocycles. The van der Waals surface area contributed by atoms with Crippen LogP contribution in [0.4, 0.5) is 0 Å². The third-order valence-electron chi connectivity index (χ3n) is 2.36. The minimum Gasteiger partial charge on any atom is -0.386 e. The van der Waals surface area contributed by atoms with Gasteiger partial charge in [0, 0.05) is 10.7 Å². The van der Waals surface area contributed by atoms with E-state index in [9.17, 15) is 5.11 Å². The molecule has 0 saturated heterocycles. The van der Waals surface area contributed by atoms with E-state index in [1.54, 1.807) is 10.9 Å². The zero-order chi connectivity index (χ0) is 11.5. The molecule has 2 rings (SSSR count). The van der Waals surface area contributed by atoms with Crippen molar-refractivity contribution in [1.82, 2.24) is 9.78 Å². The van der Waals surface area contributed by atoms with Crippen LogP contribution in [0, 0.1) is 6.92 Å². The fraction of sp³-hybridized carbons (Fsp3) is 0.250.